The van der Waals surface area contributed by atoms with Crippen molar-refractivity contribution in [3.63, 3.8) is 0 Å². The maximum Gasteiger partial charge on any atom is 0.184 e. The molecule has 0 unspecified atom stereocenters. The Morgan fingerprint density at radius 3 is 2.64 bits per heavy atom. The van der Waals surface area contributed by atoms with E-state index in [-0.39, 0.29) is 5.11 Å². The van der Waals surface area contributed by atoms with E-state index in [1.54, 1.807) is 6.21 Å². The first-order valence-corrected chi connectivity index (χ1v) is 8.39. The molecule has 0 fully saturated rings. The Bertz CT molecular complexity index is 926. The highest BCUT2D eigenvalue weighted by atomic mass is 35.5. The molecule has 126 valence electrons. The van der Waals surface area contributed by atoms with Gasteiger partial charge in [-0.25, -0.2) is 0 Å². The second kappa shape index (κ2) is 7.96. The van der Waals surface area contributed by atoms with Crippen LogP contribution in [0.5, 0.6) is 5.75 Å². The molecule has 3 N–H and O–H groups in total. The van der Waals surface area contributed by atoms with E-state index in [9.17, 15) is 0 Å². The summed E-state index contributed by atoms with van der Waals surface area (Å²) in [6.07, 6.45) is 1.67. The first-order valence-electron chi connectivity index (χ1n) is 7.61. The van der Waals surface area contributed by atoms with Gasteiger partial charge >= 0.3 is 0 Å². The summed E-state index contributed by atoms with van der Waals surface area (Å²) in [6.45, 7) is 0.430. The molecular formula is C19H16ClN3OS. The topological polar surface area (TPSA) is 59.6 Å². The zero-order valence-corrected chi connectivity index (χ0v) is 14.8. The molecule has 0 heterocycles. The number of hydrazone groups is 1. The highest BCUT2D eigenvalue weighted by molar-refractivity contribution is 7.80. The van der Waals surface area contributed by atoms with Crippen molar-refractivity contribution in [2.75, 3.05) is 0 Å². The normalized spacial score (nSPS) is 10.9. The summed E-state index contributed by atoms with van der Waals surface area (Å²) in [5.74, 6) is 0.724. The molecule has 0 spiro atoms. The Balaban J connectivity index is 1.91. The van der Waals surface area contributed by atoms with Crippen molar-refractivity contribution in [2.24, 2.45) is 10.8 Å². The summed E-state index contributed by atoms with van der Waals surface area (Å²) in [7, 11) is 0. The minimum Gasteiger partial charge on any atom is -0.488 e. The molecule has 0 aliphatic heterocycles. The van der Waals surface area contributed by atoms with Crippen LogP contribution in [0.15, 0.2) is 65.8 Å². The van der Waals surface area contributed by atoms with Crippen molar-refractivity contribution >= 4 is 45.9 Å². The van der Waals surface area contributed by atoms with Gasteiger partial charge in [0, 0.05) is 10.6 Å². The molecule has 0 saturated carbocycles. The van der Waals surface area contributed by atoms with E-state index in [4.69, 9.17) is 34.3 Å². The van der Waals surface area contributed by atoms with Crippen molar-refractivity contribution in [3.05, 3.63) is 76.8 Å². The molecule has 4 nitrogen and oxygen atoms in total. The average molecular weight is 370 g/mol. The monoisotopic (exact) mass is 369 g/mol. The maximum absolute atomic E-state index is 6.00. The molecule has 0 radical (unpaired) electrons. The molecule has 3 aromatic rings. The molecule has 0 saturated heterocycles. The van der Waals surface area contributed by atoms with E-state index in [0.29, 0.717) is 11.6 Å². The Hall–Kier alpha value is -2.63. The van der Waals surface area contributed by atoms with Crippen LogP contribution in [-0.2, 0) is 6.61 Å². The first-order chi connectivity index (χ1) is 12.1. The Kier molecular flexibility index (Phi) is 5.48. The number of ether oxygens (including phenoxy) is 1. The number of thiocarbonyl (C=S) groups is 1. The van der Waals surface area contributed by atoms with Crippen LogP contribution in [0.1, 0.15) is 11.1 Å². The zero-order chi connectivity index (χ0) is 17.6. The molecule has 0 amide bonds. The predicted octanol–water partition coefficient (Wildman–Crippen LogP) is 4.24. The molecule has 0 aromatic heterocycles. The molecule has 0 bridgehead atoms. The zero-order valence-electron chi connectivity index (χ0n) is 13.3. The van der Waals surface area contributed by atoms with Crippen LogP contribution in [-0.4, -0.2) is 11.3 Å². The Labute approximate surface area is 156 Å². The van der Waals surface area contributed by atoms with E-state index >= 15 is 0 Å². The molecular weight excluding hydrogens is 354 g/mol. The van der Waals surface area contributed by atoms with Gasteiger partial charge in [-0.1, -0.05) is 54.1 Å². The number of rotatable bonds is 5. The number of halogens is 1. The number of fused-ring (bicyclic) bond motifs is 1. The third-order valence-electron chi connectivity index (χ3n) is 3.61. The van der Waals surface area contributed by atoms with Gasteiger partial charge in [0.25, 0.3) is 0 Å². The number of hydrogen-bond donors (Lipinski definition) is 2. The van der Waals surface area contributed by atoms with Gasteiger partial charge in [0.1, 0.15) is 12.4 Å². The van der Waals surface area contributed by atoms with Crippen molar-refractivity contribution in [1.82, 2.24) is 5.43 Å². The molecule has 6 heteroatoms. The van der Waals surface area contributed by atoms with Crippen LogP contribution in [0.3, 0.4) is 0 Å². The van der Waals surface area contributed by atoms with Crippen molar-refractivity contribution < 1.29 is 4.74 Å². The molecule has 3 aromatic carbocycles. The van der Waals surface area contributed by atoms with Gasteiger partial charge in [-0.15, -0.1) is 0 Å². The fraction of sp³-hybridized carbons (Fsp3) is 0.0526. The summed E-state index contributed by atoms with van der Waals surface area (Å²) in [4.78, 5) is 0. The summed E-state index contributed by atoms with van der Waals surface area (Å²) in [6, 6.07) is 19.5. The molecule has 0 aliphatic rings. The lowest BCUT2D eigenvalue weighted by atomic mass is 10.0. The second-order valence-electron chi connectivity index (χ2n) is 5.35. The summed E-state index contributed by atoms with van der Waals surface area (Å²) in [5, 5.41) is 7.02. The number of nitrogens with two attached hydrogens (primary N) is 1. The SMILES string of the molecule is NC(=S)N/N=C\c1c(OCc2ccc(Cl)cc2)ccc2ccccc12. The van der Waals surface area contributed by atoms with Crippen molar-refractivity contribution in [2.45, 2.75) is 6.61 Å². The number of nitrogens with zero attached hydrogens (tertiary/aromatic N) is 1. The fourth-order valence-electron chi connectivity index (χ4n) is 2.44. The van der Waals surface area contributed by atoms with Gasteiger partial charge in [-0.3, -0.25) is 5.43 Å². The van der Waals surface area contributed by atoms with Gasteiger partial charge in [0.05, 0.1) is 6.21 Å². The van der Waals surface area contributed by atoms with Crippen LogP contribution in [0, 0.1) is 0 Å². The van der Waals surface area contributed by atoms with Crippen molar-refractivity contribution in [1.29, 1.82) is 0 Å². The molecule has 3 rings (SSSR count). The van der Waals surface area contributed by atoms with Gasteiger partial charge in [0.2, 0.25) is 0 Å². The van der Waals surface area contributed by atoms with E-state index in [0.717, 1.165) is 27.6 Å². The minimum atomic E-state index is 0.111. The average Bonchev–Trinajstić information content (AvgIpc) is 2.62. The number of nitrogens with one attached hydrogen (secondary N) is 1. The quantitative estimate of drug-likeness (QED) is 0.401. The van der Waals surface area contributed by atoms with Crippen molar-refractivity contribution in [3.8, 4) is 5.75 Å². The highest BCUT2D eigenvalue weighted by Gasteiger charge is 2.07. The Morgan fingerprint density at radius 2 is 1.88 bits per heavy atom. The lowest BCUT2D eigenvalue weighted by molar-refractivity contribution is 0.306. The Morgan fingerprint density at radius 1 is 1.12 bits per heavy atom. The van der Waals surface area contributed by atoms with E-state index in [1.165, 1.54) is 0 Å². The third kappa shape index (κ3) is 4.47. The lowest BCUT2D eigenvalue weighted by Crippen LogP contribution is -2.24. The summed E-state index contributed by atoms with van der Waals surface area (Å²) >= 11 is 10.7. The van der Waals surface area contributed by atoms with E-state index in [1.807, 2.05) is 60.7 Å². The highest BCUT2D eigenvalue weighted by Crippen LogP contribution is 2.27. The molecule has 0 atom stereocenters. The van der Waals surface area contributed by atoms with Crippen LogP contribution in [0.2, 0.25) is 5.02 Å². The van der Waals surface area contributed by atoms with Gasteiger partial charge in [0.15, 0.2) is 5.11 Å². The van der Waals surface area contributed by atoms with E-state index in [2.05, 4.69) is 10.5 Å². The third-order valence-corrected chi connectivity index (χ3v) is 3.95. The van der Waals surface area contributed by atoms with Gasteiger partial charge in [-0.2, -0.15) is 5.10 Å². The van der Waals surface area contributed by atoms with Crippen LogP contribution < -0.4 is 15.9 Å². The molecule has 0 aliphatic carbocycles. The number of benzene rings is 3. The van der Waals surface area contributed by atoms with E-state index < -0.39 is 0 Å². The first kappa shape index (κ1) is 17.2. The standard InChI is InChI=1S/C19H16ClN3OS/c20-15-8-5-13(6-9-15)12-24-18-10-7-14-3-1-2-4-16(14)17(18)11-22-23-19(21)25/h1-11H,12H2,(H3,21,23,25)/b22-11-. The van der Waals surface area contributed by atoms with Crippen LogP contribution in [0.4, 0.5) is 0 Å². The largest absolute Gasteiger partial charge is 0.488 e. The minimum absolute atomic E-state index is 0.111. The smallest absolute Gasteiger partial charge is 0.184 e. The maximum atomic E-state index is 6.00. The van der Waals surface area contributed by atoms with Gasteiger partial charge < -0.3 is 10.5 Å². The predicted molar refractivity (Wildman–Crippen MR) is 107 cm³/mol. The van der Waals surface area contributed by atoms with Crippen LogP contribution in [0.25, 0.3) is 10.8 Å². The number of hydrogen-bond acceptors (Lipinski definition) is 3. The van der Waals surface area contributed by atoms with Crippen LogP contribution >= 0.6 is 23.8 Å². The second-order valence-corrected chi connectivity index (χ2v) is 6.22. The van der Waals surface area contributed by atoms with Gasteiger partial charge in [-0.05, 0) is 46.8 Å². The molecule has 25 heavy (non-hydrogen) atoms. The lowest BCUT2D eigenvalue weighted by Gasteiger charge is -2.12. The summed E-state index contributed by atoms with van der Waals surface area (Å²) in [5.41, 5.74) is 9.88. The fourth-order valence-corrected chi connectivity index (χ4v) is 2.62. The summed E-state index contributed by atoms with van der Waals surface area (Å²) < 4.78 is 6.00.